The first kappa shape index (κ1) is 13.4. The van der Waals surface area contributed by atoms with Gasteiger partial charge in [-0.3, -0.25) is 9.69 Å². The fraction of sp³-hybridized carbons (Fsp3) is 0.909. The Labute approximate surface area is 97.2 Å². The highest BCUT2D eigenvalue weighted by Crippen LogP contribution is 2.17. The molecule has 0 radical (unpaired) electrons. The van der Waals surface area contributed by atoms with E-state index in [0.717, 1.165) is 25.9 Å². The molecule has 0 aromatic heterocycles. The molecule has 0 aromatic carbocycles. The molecule has 5 nitrogen and oxygen atoms in total. The largest absolute Gasteiger partial charge is 0.480 e. The van der Waals surface area contributed by atoms with Gasteiger partial charge >= 0.3 is 5.97 Å². The van der Waals surface area contributed by atoms with Crippen LogP contribution in [-0.2, 0) is 4.79 Å². The predicted molar refractivity (Wildman–Crippen MR) is 63.4 cm³/mol. The van der Waals surface area contributed by atoms with Gasteiger partial charge in [0.25, 0.3) is 0 Å². The Kier molecular flexibility index (Phi) is 5.18. The molecule has 1 rings (SSSR count). The van der Waals surface area contributed by atoms with Gasteiger partial charge in [0.2, 0.25) is 0 Å². The number of aliphatic carboxylic acids is 1. The van der Waals surface area contributed by atoms with Crippen molar-refractivity contribution in [1.29, 1.82) is 0 Å². The molecule has 1 saturated heterocycles. The van der Waals surface area contributed by atoms with Crippen LogP contribution in [-0.4, -0.2) is 66.7 Å². The molecule has 1 aliphatic rings. The van der Waals surface area contributed by atoms with Crippen LogP contribution in [0.2, 0.25) is 0 Å². The number of piperidine rings is 1. The SMILES string of the molecule is CN(C)C1CCCN(C(CCN)C(=O)O)C1. The molecule has 1 fully saturated rings. The first-order valence-corrected chi connectivity index (χ1v) is 5.89. The minimum Gasteiger partial charge on any atom is -0.480 e. The Morgan fingerprint density at radius 1 is 1.62 bits per heavy atom. The third-order valence-electron chi connectivity index (χ3n) is 3.32. The van der Waals surface area contributed by atoms with Crippen molar-refractivity contribution in [3.63, 3.8) is 0 Å². The van der Waals surface area contributed by atoms with Gasteiger partial charge in [-0.25, -0.2) is 0 Å². The second-order valence-corrected chi connectivity index (χ2v) is 4.69. The zero-order valence-corrected chi connectivity index (χ0v) is 10.2. The molecule has 16 heavy (non-hydrogen) atoms. The summed E-state index contributed by atoms with van der Waals surface area (Å²) in [5, 5.41) is 9.17. The summed E-state index contributed by atoms with van der Waals surface area (Å²) in [4.78, 5) is 15.4. The van der Waals surface area contributed by atoms with Gasteiger partial charge in [0, 0.05) is 12.6 Å². The van der Waals surface area contributed by atoms with Crippen LogP contribution in [0.3, 0.4) is 0 Å². The number of carboxylic acid groups (broad SMARTS) is 1. The maximum absolute atomic E-state index is 11.2. The average molecular weight is 229 g/mol. The molecule has 1 aliphatic heterocycles. The molecule has 0 spiro atoms. The van der Waals surface area contributed by atoms with Crippen LogP contribution in [0.4, 0.5) is 0 Å². The van der Waals surface area contributed by atoms with E-state index in [4.69, 9.17) is 5.73 Å². The van der Waals surface area contributed by atoms with Crippen LogP contribution in [0.5, 0.6) is 0 Å². The molecule has 0 amide bonds. The highest BCUT2D eigenvalue weighted by molar-refractivity contribution is 5.73. The fourth-order valence-corrected chi connectivity index (χ4v) is 2.31. The average Bonchev–Trinajstić information content (AvgIpc) is 2.25. The van der Waals surface area contributed by atoms with Crippen LogP contribution in [0.1, 0.15) is 19.3 Å². The number of nitrogens with two attached hydrogens (primary N) is 1. The van der Waals surface area contributed by atoms with Gasteiger partial charge in [0.15, 0.2) is 0 Å². The molecule has 0 bridgehead atoms. The lowest BCUT2D eigenvalue weighted by Crippen LogP contribution is -2.52. The summed E-state index contributed by atoms with van der Waals surface area (Å²) >= 11 is 0. The van der Waals surface area contributed by atoms with E-state index < -0.39 is 12.0 Å². The van der Waals surface area contributed by atoms with Crippen LogP contribution < -0.4 is 5.73 Å². The minimum atomic E-state index is -0.746. The number of hydrogen-bond acceptors (Lipinski definition) is 4. The zero-order chi connectivity index (χ0) is 12.1. The molecule has 0 saturated carbocycles. The number of nitrogens with zero attached hydrogens (tertiary/aromatic N) is 2. The maximum Gasteiger partial charge on any atom is 0.320 e. The third kappa shape index (κ3) is 3.43. The molecule has 1 heterocycles. The summed E-state index contributed by atoms with van der Waals surface area (Å²) in [5.74, 6) is -0.746. The van der Waals surface area contributed by atoms with Gasteiger partial charge in [-0.05, 0) is 46.4 Å². The quantitative estimate of drug-likeness (QED) is 0.684. The van der Waals surface area contributed by atoms with Gasteiger partial charge in [-0.15, -0.1) is 0 Å². The molecule has 5 heteroatoms. The Hall–Kier alpha value is -0.650. The predicted octanol–water partition coefficient (Wildman–Crippen LogP) is -0.186. The normalized spacial score (nSPS) is 24.6. The Morgan fingerprint density at radius 2 is 2.31 bits per heavy atom. The van der Waals surface area contributed by atoms with Crippen LogP contribution in [0.25, 0.3) is 0 Å². The summed E-state index contributed by atoms with van der Waals surface area (Å²) in [6.07, 6.45) is 2.76. The van der Waals surface area contributed by atoms with Crippen LogP contribution >= 0.6 is 0 Å². The maximum atomic E-state index is 11.2. The number of carboxylic acids is 1. The van der Waals surface area contributed by atoms with Gasteiger partial charge < -0.3 is 15.7 Å². The second kappa shape index (κ2) is 6.18. The first-order valence-electron chi connectivity index (χ1n) is 5.89. The first-order chi connectivity index (χ1) is 7.56. The van der Waals surface area contributed by atoms with E-state index in [1.807, 2.05) is 14.1 Å². The number of hydrogen-bond donors (Lipinski definition) is 2. The monoisotopic (exact) mass is 229 g/mol. The van der Waals surface area contributed by atoms with E-state index in [1.54, 1.807) is 0 Å². The zero-order valence-electron chi connectivity index (χ0n) is 10.2. The van der Waals surface area contributed by atoms with Gasteiger partial charge in [0.05, 0.1) is 0 Å². The van der Waals surface area contributed by atoms with E-state index in [0.29, 0.717) is 19.0 Å². The van der Waals surface area contributed by atoms with Gasteiger partial charge in [-0.1, -0.05) is 0 Å². The minimum absolute atomic E-state index is 0.409. The van der Waals surface area contributed by atoms with E-state index in [2.05, 4.69) is 9.80 Å². The number of carbonyl (C=O) groups is 1. The molecular weight excluding hydrogens is 206 g/mol. The summed E-state index contributed by atoms with van der Waals surface area (Å²) < 4.78 is 0. The second-order valence-electron chi connectivity index (χ2n) is 4.69. The van der Waals surface area contributed by atoms with E-state index in [9.17, 15) is 9.90 Å². The Morgan fingerprint density at radius 3 is 2.81 bits per heavy atom. The van der Waals surface area contributed by atoms with Gasteiger partial charge in [-0.2, -0.15) is 0 Å². The summed E-state index contributed by atoms with van der Waals surface area (Å²) in [6, 6.07) is 0.0566. The molecule has 0 aromatic rings. The lowest BCUT2D eigenvalue weighted by Gasteiger charge is -2.38. The standard InChI is InChI=1S/C11H23N3O2/c1-13(2)9-4-3-7-14(8-9)10(5-6-12)11(15)16/h9-10H,3-8,12H2,1-2H3,(H,15,16). The van der Waals surface area contributed by atoms with E-state index >= 15 is 0 Å². The number of rotatable bonds is 5. The van der Waals surface area contributed by atoms with Crippen molar-refractivity contribution in [2.75, 3.05) is 33.7 Å². The molecule has 2 unspecified atom stereocenters. The van der Waals surface area contributed by atoms with Crippen molar-refractivity contribution in [2.45, 2.75) is 31.3 Å². The van der Waals surface area contributed by atoms with Crippen molar-refractivity contribution in [3.8, 4) is 0 Å². The summed E-state index contributed by atoms with van der Waals surface area (Å²) in [6.45, 7) is 2.14. The Bertz CT molecular complexity index is 233. The molecule has 94 valence electrons. The molecular formula is C11H23N3O2. The lowest BCUT2D eigenvalue weighted by atomic mass is 10.0. The summed E-state index contributed by atoms with van der Waals surface area (Å²) in [5.41, 5.74) is 5.47. The van der Waals surface area contributed by atoms with Crippen molar-refractivity contribution in [3.05, 3.63) is 0 Å². The third-order valence-corrected chi connectivity index (χ3v) is 3.32. The molecule has 2 atom stereocenters. The molecule has 3 N–H and O–H groups in total. The number of likely N-dealkylation sites (tertiary alicyclic amines) is 1. The van der Waals surface area contributed by atoms with E-state index in [-0.39, 0.29) is 0 Å². The summed E-state index contributed by atoms with van der Waals surface area (Å²) in [7, 11) is 4.10. The van der Waals surface area contributed by atoms with Crippen molar-refractivity contribution in [1.82, 2.24) is 9.80 Å². The van der Waals surface area contributed by atoms with Crippen LogP contribution in [0.15, 0.2) is 0 Å². The van der Waals surface area contributed by atoms with Crippen molar-refractivity contribution >= 4 is 5.97 Å². The van der Waals surface area contributed by atoms with Gasteiger partial charge in [0.1, 0.15) is 6.04 Å². The lowest BCUT2D eigenvalue weighted by molar-refractivity contribution is -0.144. The van der Waals surface area contributed by atoms with E-state index in [1.165, 1.54) is 0 Å². The molecule has 0 aliphatic carbocycles. The van der Waals surface area contributed by atoms with Crippen molar-refractivity contribution < 1.29 is 9.90 Å². The highest BCUT2D eigenvalue weighted by Gasteiger charge is 2.30. The Balaban J connectivity index is 2.59. The smallest absolute Gasteiger partial charge is 0.320 e. The number of likely N-dealkylation sites (N-methyl/N-ethyl adjacent to an activating group) is 1. The van der Waals surface area contributed by atoms with Crippen molar-refractivity contribution in [2.24, 2.45) is 5.73 Å². The highest BCUT2D eigenvalue weighted by atomic mass is 16.4. The van der Waals surface area contributed by atoms with Crippen LogP contribution in [0, 0.1) is 0 Å². The topological polar surface area (TPSA) is 69.8 Å². The fourth-order valence-electron chi connectivity index (χ4n) is 2.31.